The van der Waals surface area contributed by atoms with E-state index in [0.717, 1.165) is 31.6 Å². The van der Waals surface area contributed by atoms with Gasteiger partial charge in [0, 0.05) is 64.2 Å². The van der Waals surface area contributed by atoms with Crippen LogP contribution >= 0.6 is 0 Å². The number of nitrogens with one attached hydrogen (secondary N) is 4. The van der Waals surface area contributed by atoms with Crippen LogP contribution in [0.25, 0.3) is 38.2 Å². The summed E-state index contributed by atoms with van der Waals surface area (Å²) in [5.41, 5.74) is 17.8. The number of carbonyl (C=O) groups excluding carboxylic acids is 2. The first-order valence-corrected chi connectivity index (χ1v) is 22.4. The van der Waals surface area contributed by atoms with Gasteiger partial charge in [0.25, 0.3) is 0 Å². The molecule has 8 nitrogen and oxygen atoms in total. The number of hydrogen-bond acceptors (Lipinski definition) is 6. The van der Waals surface area contributed by atoms with Crippen molar-refractivity contribution in [3.8, 4) is 11.1 Å². The summed E-state index contributed by atoms with van der Waals surface area (Å²) in [6.45, 7) is 23.9. The normalized spacial score (nSPS) is 13.9. The quantitative estimate of drug-likeness (QED) is 0.0400. The molecular weight excluding hydrogens is 789 g/mol. The zero-order valence-corrected chi connectivity index (χ0v) is 39.4. The van der Waals surface area contributed by atoms with E-state index in [4.69, 9.17) is 0 Å². The summed E-state index contributed by atoms with van der Waals surface area (Å²) < 4.78 is 0. The van der Waals surface area contributed by atoms with Crippen LogP contribution in [0.5, 0.6) is 0 Å². The molecule has 5 aromatic carbocycles. The fraction of sp³-hybridized carbons (Fsp3) is 0.304. The average Bonchev–Trinajstić information content (AvgIpc) is 3.27. The molecule has 4 N–H and O–H groups in total. The van der Waals surface area contributed by atoms with Crippen LogP contribution in [0.4, 0.5) is 5.69 Å². The molecule has 8 heteroatoms. The molecule has 0 unspecified atom stereocenters. The molecule has 1 aliphatic carbocycles. The average molecular weight is 855 g/mol. The van der Waals surface area contributed by atoms with E-state index in [9.17, 15) is 9.59 Å². The molecule has 332 valence electrons. The van der Waals surface area contributed by atoms with E-state index in [2.05, 4.69) is 177 Å². The molecule has 0 aromatic heterocycles. The Balaban J connectivity index is 1.42. The maximum Gasteiger partial charge on any atom is 0.246 e. The second-order valence-corrected chi connectivity index (χ2v) is 17.4. The van der Waals surface area contributed by atoms with Gasteiger partial charge in [0.1, 0.15) is 0 Å². The second kappa shape index (κ2) is 21.3. The maximum atomic E-state index is 12.1. The maximum absolute atomic E-state index is 12.1. The molecule has 0 saturated heterocycles. The molecule has 0 aliphatic heterocycles. The number of nitrogens with zero attached hydrogens (tertiary/aromatic N) is 2. The Hall–Kier alpha value is -6.35. The topological polar surface area (TPSA) is 97.9 Å². The van der Waals surface area contributed by atoms with E-state index in [1.165, 1.54) is 94.0 Å². The summed E-state index contributed by atoms with van der Waals surface area (Å²) >= 11 is 0. The first kappa shape index (κ1) is 47.1. The van der Waals surface area contributed by atoms with Crippen LogP contribution in [0.3, 0.4) is 0 Å². The first-order chi connectivity index (χ1) is 30.7. The Morgan fingerprint density at radius 3 is 1.77 bits per heavy atom. The zero-order valence-electron chi connectivity index (χ0n) is 39.4. The highest BCUT2D eigenvalue weighted by molar-refractivity contribution is 6.09. The van der Waals surface area contributed by atoms with E-state index in [1.807, 2.05) is 7.05 Å². The summed E-state index contributed by atoms with van der Waals surface area (Å²) in [7, 11) is 6.01. The summed E-state index contributed by atoms with van der Waals surface area (Å²) in [6, 6.07) is 27.2. The zero-order chi connectivity index (χ0) is 46.1. The van der Waals surface area contributed by atoms with Gasteiger partial charge in [-0.2, -0.15) is 0 Å². The molecule has 5 aromatic rings. The van der Waals surface area contributed by atoms with Crippen LogP contribution in [0.2, 0.25) is 0 Å². The van der Waals surface area contributed by atoms with Gasteiger partial charge in [-0.05, 0) is 186 Å². The summed E-state index contributed by atoms with van der Waals surface area (Å²) in [4.78, 5) is 30.8. The molecule has 2 amide bonds. The molecule has 0 bridgehead atoms. The minimum absolute atomic E-state index is 0.106. The number of aryl methyl sites for hydroxylation is 3. The molecular formula is C56H66N6O2. The Kier molecular flexibility index (Phi) is 15.7. The number of anilines is 1. The number of rotatable bonds is 18. The van der Waals surface area contributed by atoms with Gasteiger partial charge >= 0.3 is 0 Å². The fourth-order valence-electron chi connectivity index (χ4n) is 8.57. The number of amides is 2. The van der Waals surface area contributed by atoms with Gasteiger partial charge in [-0.1, -0.05) is 73.8 Å². The lowest BCUT2D eigenvalue weighted by molar-refractivity contribution is -0.118. The van der Waals surface area contributed by atoms with E-state index in [1.54, 1.807) is 13.8 Å². The van der Waals surface area contributed by atoms with Gasteiger partial charge in [-0.3, -0.25) is 14.6 Å². The Bertz CT molecular complexity index is 2750. The van der Waals surface area contributed by atoms with E-state index in [-0.39, 0.29) is 11.8 Å². The predicted molar refractivity (Wildman–Crippen MR) is 272 cm³/mol. The van der Waals surface area contributed by atoms with Gasteiger partial charge in [0.2, 0.25) is 11.8 Å². The van der Waals surface area contributed by atoms with Crippen LogP contribution in [0.15, 0.2) is 131 Å². The molecule has 0 radical (unpaired) electrons. The minimum atomic E-state index is -0.108. The van der Waals surface area contributed by atoms with E-state index >= 15 is 0 Å². The van der Waals surface area contributed by atoms with Crippen molar-refractivity contribution in [1.82, 2.24) is 21.3 Å². The Labute approximate surface area is 381 Å². The monoisotopic (exact) mass is 855 g/mol. The lowest BCUT2D eigenvalue weighted by atomic mass is 9.82. The van der Waals surface area contributed by atoms with Crippen molar-refractivity contribution >= 4 is 50.3 Å². The molecule has 1 aliphatic rings. The smallest absolute Gasteiger partial charge is 0.246 e. The number of fused-ring (bicyclic) bond motifs is 2. The lowest BCUT2D eigenvalue weighted by Crippen LogP contribution is -2.27. The van der Waals surface area contributed by atoms with E-state index in [0.29, 0.717) is 37.3 Å². The van der Waals surface area contributed by atoms with Gasteiger partial charge in [-0.15, -0.1) is 0 Å². The lowest BCUT2D eigenvalue weighted by Gasteiger charge is -2.23. The van der Waals surface area contributed by atoms with Crippen molar-refractivity contribution < 1.29 is 9.59 Å². The number of allylic oxidation sites excluding steroid dienone is 5. The highest BCUT2D eigenvalue weighted by Crippen LogP contribution is 2.41. The molecule has 6 rings (SSSR count). The number of aliphatic imine (C=N–C) groups is 1. The minimum Gasteiger partial charge on any atom is -0.378 e. The molecule has 0 saturated carbocycles. The van der Waals surface area contributed by atoms with Crippen molar-refractivity contribution in [3.05, 3.63) is 165 Å². The highest BCUT2D eigenvalue weighted by atomic mass is 16.2. The second-order valence-electron chi connectivity index (χ2n) is 17.4. The highest BCUT2D eigenvalue weighted by Gasteiger charge is 2.21. The molecule has 64 heavy (non-hydrogen) atoms. The molecule has 0 fully saturated rings. The molecule has 0 heterocycles. The molecule has 0 spiro atoms. The van der Waals surface area contributed by atoms with Crippen LogP contribution in [-0.2, 0) is 22.7 Å². The third-order valence-electron chi connectivity index (χ3n) is 12.1. The Morgan fingerprint density at radius 1 is 0.641 bits per heavy atom. The number of hydrogen-bond donors (Lipinski definition) is 4. The summed E-state index contributed by atoms with van der Waals surface area (Å²) in [6.07, 6.45) is 8.13. The Morgan fingerprint density at radius 2 is 1.22 bits per heavy atom. The van der Waals surface area contributed by atoms with Gasteiger partial charge in [0.15, 0.2) is 0 Å². The van der Waals surface area contributed by atoms with Crippen LogP contribution in [0, 0.1) is 20.8 Å². The number of carbonyl (C=O) groups is 2. The van der Waals surface area contributed by atoms with Gasteiger partial charge < -0.3 is 26.2 Å². The standard InChI is InChI=1S/C56H66N6O2/c1-35(2)55(63)60-26-14-24-58-33-52-46-16-12-13-17-47(46)53(34-59-25-15-27-61-56(64)36(3)4)51-32-41(18-21-48(51)52)49-30-40(8)50(31-39(49)7)54(44-22-19-42(57-9)28-37(44)5)45-23-20-43(62(10)11)29-38(45)6/h12-13,16-23,28-32,58-59H,1,3,14-15,24-27,33-34H2,2,4-11H3,(H,60,63)(H,61,64)/b54-44+,57-42+. The first-order valence-electron chi connectivity index (χ1n) is 22.4. The van der Waals surface area contributed by atoms with Crippen molar-refractivity contribution in [2.45, 2.75) is 67.5 Å². The van der Waals surface area contributed by atoms with Crippen molar-refractivity contribution in [2.75, 3.05) is 52.2 Å². The van der Waals surface area contributed by atoms with Crippen LogP contribution in [0.1, 0.15) is 72.6 Å². The largest absolute Gasteiger partial charge is 0.378 e. The fourth-order valence-corrected chi connectivity index (χ4v) is 8.57. The molecule has 0 atom stereocenters. The number of benzene rings is 5. The van der Waals surface area contributed by atoms with Crippen molar-refractivity contribution in [3.63, 3.8) is 0 Å². The summed E-state index contributed by atoms with van der Waals surface area (Å²) in [5.74, 6) is -0.213. The van der Waals surface area contributed by atoms with Crippen molar-refractivity contribution in [1.29, 1.82) is 0 Å². The summed E-state index contributed by atoms with van der Waals surface area (Å²) in [5, 5.41) is 18.2. The van der Waals surface area contributed by atoms with Crippen LogP contribution in [-0.4, -0.2) is 64.8 Å². The third-order valence-corrected chi connectivity index (χ3v) is 12.1. The SMILES string of the molecule is C=C(C)C(=O)NCCCNCc1c2ccccc2c(CNCCCNC(=O)C(=C)C)c2cc(-c3cc(C)c(/C(=C4C=C/C(=N\C)C=C\4C)c4ccc(N(C)C)cc4C)cc3C)ccc12. The van der Waals surface area contributed by atoms with Crippen molar-refractivity contribution in [2.24, 2.45) is 4.99 Å². The van der Waals surface area contributed by atoms with Gasteiger partial charge in [0.05, 0.1) is 5.71 Å². The predicted octanol–water partition coefficient (Wildman–Crippen LogP) is 10.4. The third kappa shape index (κ3) is 10.9. The van der Waals surface area contributed by atoms with Gasteiger partial charge in [-0.25, -0.2) is 0 Å². The van der Waals surface area contributed by atoms with E-state index < -0.39 is 0 Å². The van der Waals surface area contributed by atoms with Crippen LogP contribution < -0.4 is 26.2 Å².